The second kappa shape index (κ2) is 10.1. The molecule has 0 saturated carbocycles. The average Bonchev–Trinajstić information content (AvgIpc) is 2.91. The third kappa shape index (κ3) is 6.52. The summed E-state index contributed by atoms with van der Waals surface area (Å²) in [6, 6.07) is 6.89. The summed E-state index contributed by atoms with van der Waals surface area (Å²) in [4.78, 5) is 41.6. The van der Waals surface area contributed by atoms with Gasteiger partial charge in [-0.1, -0.05) is 32.9 Å². The Morgan fingerprint density at radius 3 is 1.97 bits per heavy atom. The Balaban J connectivity index is 2.34. The van der Waals surface area contributed by atoms with Gasteiger partial charge in [0.2, 0.25) is 0 Å². The lowest BCUT2D eigenvalue weighted by atomic mass is 10.1. The van der Waals surface area contributed by atoms with Crippen LogP contribution in [0.15, 0.2) is 24.3 Å². The molecule has 8 heteroatoms. The van der Waals surface area contributed by atoms with Crippen molar-refractivity contribution in [2.75, 3.05) is 26.2 Å². The van der Waals surface area contributed by atoms with Crippen molar-refractivity contribution < 1.29 is 23.5 Å². The third-order valence-electron chi connectivity index (χ3n) is 6.53. The Kier molecular flexibility index (Phi) is 8.31. The maximum absolute atomic E-state index is 13.0. The van der Waals surface area contributed by atoms with Crippen LogP contribution in [0, 0.1) is 0 Å². The van der Waals surface area contributed by atoms with Crippen LogP contribution in [-0.2, 0) is 14.0 Å². The lowest BCUT2D eigenvalue weighted by Gasteiger charge is -2.43. The highest BCUT2D eigenvalue weighted by Crippen LogP contribution is 2.38. The van der Waals surface area contributed by atoms with Crippen LogP contribution in [0.2, 0.25) is 18.1 Å². The number of esters is 1. The van der Waals surface area contributed by atoms with E-state index in [1.165, 1.54) is 4.90 Å². The summed E-state index contributed by atoms with van der Waals surface area (Å²) in [5.74, 6) is -0.904. The van der Waals surface area contributed by atoms with Crippen molar-refractivity contribution in [1.82, 2.24) is 9.80 Å². The van der Waals surface area contributed by atoms with Gasteiger partial charge in [0, 0.05) is 12.1 Å². The first-order valence-corrected chi connectivity index (χ1v) is 14.5. The predicted molar refractivity (Wildman–Crippen MR) is 132 cm³/mol. The van der Waals surface area contributed by atoms with Crippen LogP contribution in [0.1, 0.15) is 69.2 Å². The topological polar surface area (TPSA) is 76.2 Å². The molecule has 33 heavy (non-hydrogen) atoms. The van der Waals surface area contributed by atoms with E-state index in [1.54, 1.807) is 31.2 Å². The highest BCUT2D eigenvalue weighted by atomic mass is 28.4. The molecule has 0 radical (unpaired) electrons. The van der Waals surface area contributed by atoms with E-state index < -0.39 is 14.4 Å². The van der Waals surface area contributed by atoms with Gasteiger partial charge in [0.15, 0.2) is 8.32 Å². The summed E-state index contributed by atoms with van der Waals surface area (Å²) >= 11 is 0. The second-order valence-corrected chi connectivity index (χ2v) is 15.9. The normalized spacial score (nSPS) is 15.8. The van der Waals surface area contributed by atoms with Crippen molar-refractivity contribution in [2.45, 2.75) is 78.2 Å². The quantitative estimate of drug-likeness (QED) is 0.300. The monoisotopic (exact) mass is 476 g/mol. The Morgan fingerprint density at radius 2 is 1.55 bits per heavy atom. The zero-order chi connectivity index (χ0) is 25.2. The third-order valence-corrected chi connectivity index (χ3v) is 11.1. The summed E-state index contributed by atoms with van der Waals surface area (Å²) < 4.78 is 11.9. The summed E-state index contributed by atoms with van der Waals surface area (Å²) in [5, 5.41) is -0.0546. The summed E-state index contributed by atoms with van der Waals surface area (Å²) in [6.45, 7) is 19.6. The fourth-order valence-electron chi connectivity index (χ4n) is 3.52. The number of imide groups is 1. The number of carbonyl (C=O) groups excluding carboxylic acids is 3. The highest BCUT2D eigenvalue weighted by molar-refractivity contribution is 6.74. The van der Waals surface area contributed by atoms with Gasteiger partial charge in [-0.25, -0.2) is 0 Å². The largest absolute Gasteiger partial charge is 0.465 e. The van der Waals surface area contributed by atoms with Crippen molar-refractivity contribution in [3.63, 3.8) is 0 Å². The fraction of sp³-hybridized carbons (Fsp3) is 0.640. The molecule has 1 heterocycles. The Bertz CT molecular complexity index is 851. The van der Waals surface area contributed by atoms with Crippen molar-refractivity contribution >= 4 is 26.1 Å². The Labute approximate surface area is 199 Å². The zero-order valence-corrected chi connectivity index (χ0v) is 22.7. The molecule has 0 N–H and O–H groups in total. The van der Waals surface area contributed by atoms with Gasteiger partial charge >= 0.3 is 5.97 Å². The number of ether oxygens (including phenoxy) is 1. The molecule has 0 fully saturated rings. The number of benzene rings is 1. The molecule has 2 rings (SSSR count). The van der Waals surface area contributed by atoms with Gasteiger partial charge in [-0.05, 0) is 58.0 Å². The van der Waals surface area contributed by atoms with Gasteiger partial charge in [-0.15, -0.1) is 0 Å². The van der Waals surface area contributed by atoms with Crippen LogP contribution >= 0.6 is 0 Å². The van der Waals surface area contributed by atoms with Crippen molar-refractivity contribution in [2.24, 2.45) is 0 Å². The van der Waals surface area contributed by atoms with E-state index in [2.05, 4.69) is 33.9 Å². The number of amides is 2. The van der Waals surface area contributed by atoms with Crippen LogP contribution in [0.25, 0.3) is 0 Å². The van der Waals surface area contributed by atoms with Gasteiger partial charge in [0.05, 0.1) is 36.9 Å². The summed E-state index contributed by atoms with van der Waals surface area (Å²) in [6.07, 6.45) is -0.443. The van der Waals surface area contributed by atoms with Gasteiger partial charge in [0.1, 0.15) is 0 Å². The van der Waals surface area contributed by atoms with Gasteiger partial charge in [-0.2, -0.15) is 0 Å². The molecule has 0 saturated heterocycles. The molecule has 184 valence electrons. The highest BCUT2D eigenvalue weighted by Gasteiger charge is 2.43. The van der Waals surface area contributed by atoms with E-state index in [1.807, 2.05) is 25.7 Å². The molecule has 0 aliphatic carbocycles. The zero-order valence-electron chi connectivity index (χ0n) is 21.7. The molecule has 1 unspecified atom stereocenters. The Hall–Kier alpha value is -2.03. The van der Waals surface area contributed by atoms with Crippen LogP contribution in [0.3, 0.4) is 0 Å². The smallest absolute Gasteiger partial charge is 0.320 e. The average molecular weight is 477 g/mol. The van der Waals surface area contributed by atoms with E-state index in [0.717, 1.165) is 0 Å². The number of carbonyl (C=O) groups is 3. The lowest BCUT2D eigenvalue weighted by molar-refractivity contribution is -0.146. The van der Waals surface area contributed by atoms with Crippen molar-refractivity contribution in [3.8, 4) is 0 Å². The van der Waals surface area contributed by atoms with E-state index in [0.29, 0.717) is 24.3 Å². The first-order chi connectivity index (χ1) is 15.1. The molecular formula is C25H40N2O5Si. The fourth-order valence-corrected chi connectivity index (χ4v) is 4.85. The second-order valence-electron chi connectivity index (χ2n) is 11.1. The number of fused-ring (bicyclic) bond motifs is 1. The van der Waals surface area contributed by atoms with Gasteiger partial charge in [-0.3, -0.25) is 24.2 Å². The molecule has 2 amide bonds. The number of hydrogen-bond acceptors (Lipinski definition) is 6. The first-order valence-electron chi connectivity index (χ1n) is 11.6. The number of hydrogen-bond donors (Lipinski definition) is 0. The van der Waals surface area contributed by atoms with Crippen LogP contribution in [0.5, 0.6) is 0 Å². The molecule has 1 aliphatic rings. The molecule has 0 aromatic heterocycles. The van der Waals surface area contributed by atoms with E-state index >= 15 is 0 Å². The van der Waals surface area contributed by atoms with Crippen LogP contribution in [-0.4, -0.2) is 73.8 Å². The minimum atomic E-state index is -2.24. The summed E-state index contributed by atoms with van der Waals surface area (Å²) in [7, 11) is -2.24. The maximum atomic E-state index is 13.0. The van der Waals surface area contributed by atoms with E-state index in [-0.39, 0.29) is 41.5 Å². The SMILES string of the molecule is CCOC(=O)CN(CC(CN1C(=O)c2ccccc2C1=O)O[Si](C)(C)C(C)(C)C)C(C)(C)C. The molecular weight excluding hydrogens is 436 g/mol. The van der Waals surface area contributed by atoms with Crippen molar-refractivity contribution in [1.29, 1.82) is 0 Å². The minimum absolute atomic E-state index is 0.0546. The maximum Gasteiger partial charge on any atom is 0.320 e. The van der Waals surface area contributed by atoms with Gasteiger partial charge in [0.25, 0.3) is 11.8 Å². The summed E-state index contributed by atoms with van der Waals surface area (Å²) in [5.41, 5.74) is 0.504. The molecule has 1 atom stereocenters. The first kappa shape index (κ1) is 27.2. The number of nitrogens with zero attached hydrogens (tertiary/aromatic N) is 2. The standard InChI is InChI=1S/C25H40N2O5Si/c1-10-31-21(28)17-26(24(2,3)4)15-18(32-33(8,9)25(5,6)7)16-27-22(29)19-13-11-12-14-20(19)23(27)30/h11-14,18H,10,15-17H2,1-9H3. The van der Waals surface area contributed by atoms with Crippen LogP contribution in [0.4, 0.5) is 0 Å². The lowest BCUT2D eigenvalue weighted by Crippen LogP contribution is -2.55. The van der Waals surface area contributed by atoms with Crippen molar-refractivity contribution in [3.05, 3.63) is 35.4 Å². The molecule has 1 aromatic rings. The molecule has 1 aliphatic heterocycles. The molecule has 7 nitrogen and oxygen atoms in total. The molecule has 0 bridgehead atoms. The predicted octanol–water partition coefficient (Wildman–Crippen LogP) is 4.34. The minimum Gasteiger partial charge on any atom is -0.465 e. The Morgan fingerprint density at radius 1 is 1.03 bits per heavy atom. The van der Waals surface area contributed by atoms with Crippen LogP contribution < -0.4 is 0 Å². The molecule has 1 aromatic carbocycles. The van der Waals surface area contributed by atoms with E-state index in [9.17, 15) is 14.4 Å². The van der Waals surface area contributed by atoms with Gasteiger partial charge < -0.3 is 9.16 Å². The van der Waals surface area contributed by atoms with E-state index in [4.69, 9.17) is 9.16 Å². The molecule has 0 spiro atoms. The number of rotatable bonds is 9.